The number of likely N-dealkylation sites (N-methyl/N-ethyl adjacent to an activating group) is 1. The summed E-state index contributed by atoms with van der Waals surface area (Å²) in [5.74, 6) is -0.709. The Labute approximate surface area is 157 Å². The van der Waals surface area contributed by atoms with Gasteiger partial charge in [0.25, 0.3) is 0 Å². The van der Waals surface area contributed by atoms with E-state index in [1.54, 1.807) is 30.3 Å². The normalized spacial score (nSPS) is 10.7. The molecule has 0 atom stereocenters. The number of amides is 2. The molecule has 0 spiro atoms. The molecule has 0 radical (unpaired) electrons. The van der Waals surface area contributed by atoms with E-state index < -0.39 is 0 Å². The van der Waals surface area contributed by atoms with Crippen LogP contribution in [0.3, 0.4) is 0 Å². The van der Waals surface area contributed by atoms with Gasteiger partial charge < -0.3 is 10.6 Å². The van der Waals surface area contributed by atoms with Crippen molar-refractivity contribution in [2.75, 3.05) is 23.7 Å². The van der Waals surface area contributed by atoms with Gasteiger partial charge >= 0.3 is 0 Å². The topological polar surface area (TPSA) is 61.4 Å². The molecule has 0 heterocycles. The molecule has 0 bridgehead atoms. The molecule has 0 fully saturated rings. The van der Waals surface area contributed by atoms with E-state index in [2.05, 4.69) is 10.6 Å². The Hall–Kier alpha value is -2.44. The first-order chi connectivity index (χ1) is 12.4. The van der Waals surface area contributed by atoms with Crippen LogP contribution in [0.5, 0.6) is 0 Å². The third-order valence-corrected chi connectivity index (χ3v) is 4.06. The van der Waals surface area contributed by atoms with Gasteiger partial charge in [-0.25, -0.2) is 4.39 Å². The van der Waals surface area contributed by atoms with Crippen molar-refractivity contribution in [3.8, 4) is 0 Å². The highest BCUT2D eigenvalue weighted by atomic mass is 35.5. The van der Waals surface area contributed by atoms with Crippen molar-refractivity contribution in [3.63, 3.8) is 0 Å². The van der Waals surface area contributed by atoms with Gasteiger partial charge in [-0.2, -0.15) is 0 Å². The minimum atomic E-state index is -0.387. The Balaban J connectivity index is 1.93. The second-order valence-corrected chi connectivity index (χ2v) is 6.25. The quantitative estimate of drug-likeness (QED) is 0.769. The molecule has 5 nitrogen and oxygen atoms in total. The molecule has 26 heavy (non-hydrogen) atoms. The van der Waals surface area contributed by atoms with Gasteiger partial charge in [0, 0.05) is 29.9 Å². The van der Waals surface area contributed by atoms with E-state index in [9.17, 15) is 14.0 Å². The van der Waals surface area contributed by atoms with Crippen molar-refractivity contribution >= 4 is 34.8 Å². The molecule has 0 saturated carbocycles. The van der Waals surface area contributed by atoms with Gasteiger partial charge in [0.15, 0.2) is 0 Å². The number of nitrogens with zero attached hydrogens (tertiary/aromatic N) is 1. The number of carbonyl (C=O) groups excluding carboxylic acids is 2. The molecule has 2 aromatic rings. The van der Waals surface area contributed by atoms with Crippen molar-refractivity contribution in [3.05, 3.63) is 58.9 Å². The average molecular weight is 378 g/mol. The van der Waals surface area contributed by atoms with Crippen LogP contribution >= 0.6 is 11.6 Å². The molecular weight excluding hydrogens is 357 g/mol. The predicted molar refractivity (Wildman–Crippen MR) is 102 cm³/mol. The summed E-state index contributed by atoms with van der Waals surface area (Å²) < 4.78 is 13.1. The molecular formula is C19H21ClFN3O2. The van der Waals surface area contributed by atoms with Crippen LogP contribution < -0.4 is 10.6 Å². The van der Waals surface area contributed by atoms with Crippen LogP contribution in [-0.2, 0) is 16.1 Å². The van der Waals surface area contributed by atoms with E-state index in [1.165, 1.54) is 19.1 Å². The minimum absolute atomic E-state index is 0.153. The summed E-state index contributed by atoms with van der Waals surface area (Å²) in [5, 5.41) is 5.82. The summed E-state index contributed by atoms with van der Waals surface area (Å²) in [5.41, 5.74) is 2.07. The van der Waals surface area contributed by atoms with Crippen LogP contribution in [0.25, 0.3) is 0 Å². The van der Waals surface area contributed by atoms with Crippen molar-refractivity contribution < 1.29 is 14.0 Å². The maximum Gasteiger partial charge on any atom is 0.238 e. The number of rotatable bonds is 7. The zero-order valence-electron chi connectivity index (χ0n) is 14.7. The number of benzene rings is 2. The Kier molecular flexibility index (Phi) is 7.12. The lowest BCUT2D eigenvalue weighted by atomic mass is 10.2. The van der Waals surface area contributed by atoms with E-state index in [1.807, 2.05) is 11.8 Å². The lowest BCUT2D eigenvalue weighted by Gasteiger charge is -2.20. The van der Waals surface area contributed by atoms with Gasteiger partial charge in [0.1, 0.15) is 5.82 Å². The maximum absolute atomic E-state index is 13.1. The van der Waals surface area contributed by atoms with E-state index in [0.29, 0.717) is 29.5 Å². The fraction of sp³-hybridized carbons (Fsp3) is 0.263. The van der Waals surface area contributed by atoms with E-state index in [-0.39, 0.29) is 24.2 Å². The number of nitrogens with one attached hydrogen (secondary N) is 2. The van der Waals surface area contributed by atoms with Gasteiger partial charge in [-0.15, -0.1) is 0 Å². The van der Waals surface area contributed by atoms with Gasteiger partial charge in [-0.05, 0) is 48.5 Å². The number of carbonyl (C=O) groups is 2. The summed E-state index contributed by atoms with van der Waals surface area (Å²) in [6, 6.07) is 11.1. The molecule has 7 heteroatoms. The van der Waals surface area contributed by atoms with Crippen molar-refractivity contribution in [2.24, 2.45) is 0 Å². The molecule has 0 aliphatic rings. The molecule has 0 unspecified atom stereocenters. The molecule has 138 valence electrons. The third kappa shape index (κ3) is 6.13. The fourth-order valence-corrected chi connectivity index (χ4v) is 2.64. The number of hydrogen-bond acceptors (Lipinski definition) is 3. The highest BCUT2D eigenvalue weighted by Gasteiger charge is 2.12. The maximum atomic E-state index is 13.1. The third-order valence-electron chi connectivity index (χ3n) is 3.71. The van der Waals surface area contributed by atoms with E-state index in [0.717, 1.165) is 5.56 Å². The van der Waals surface area contributed by atoms with E-state index >= 15 is 0 Å². The summed E-state index contributed by atoms with van der Waals surface area (Å²) in [6.45, 7) is 4.64. The largest absolute Gasteiger partial charge is 0.326 e. The Bertz CT molecular complexity index is 781. The van der Waals surface area contributed by atoms with E-state index in [4.69, 9.17) is 11.6 Å². The van der Waals surface area contributed by atoms with Crippen LogP contribution in [-0.4, -0.2) is 29.8 Å². The highest BCUT2D eigenvalue weighted by Crippen LogP contribution is 2.19. The zero-order chi connectivity index (χ0) is 19.1. The van der Waals surface area contributed by atoms with Crippen LogP contribution in [0.2, 0.25) is 5.02 Å². The van der Waals surface area contributed by atoms with Crippen molar-refractivity contribution in [2.45, 2.75) is 20.4 Å². The molecule has 0 aliphatic carbocycles. The number of halogens is 2. The molecule has 0 aromatic heterocycles. The van der Waals surface area contributed by atoms with Gasteiger partial charge in [-0.3, -0.25) is 14.5 Å². The SMILES string of the molecule is CCN(CC(=O)Nc1ccc(NC(C)=O)cc1)Cc1ccc(F)cc1Cl. The minimum Gasteiger partial charge on any atom is -0.326 e. The average Bonchev–Trinajstić information content (AvgIpc) is 2.57. The molecule has 0 saturated heterocycles. The van der Waals surface area contributed by atoms with Gasteiger partial charge in [0.05, 0.1) is 6.54 Å². The van der Waals surface area contributed by atoms with Crippen LogP contribution in [0, 0.1) is 5.82 Å². The standard InChI is InChI=1S/C19H21ClFN3O2/c1-3-24(11-14-4-5-15(21)10-18(14)20)12-19(26)23-17-8-6-16(7-9-17)22-13(2)25/h4-10H,3,11-12H2,1-2H3,(H,22,25)(H,23,26). The summed E-state index contributed by atoms with van der Waals surface area (Å²) in [7, 11) is 0. The van der Waals surface area contributed by atoms with Crippen LogP contribution in [0.15, 0.2) is 42.5 Å². The van der Waals surface area contributed by atoms with Gasteiger partial charge in [0.2, 0.25) is 11.8 Å². The van der Waals surface area contributed by atoms with Gasteiger partial charge in [-0.1, -0.05) is 24.6 Å². The Morgan fingerprint density at radius 2 is 1.69 bits per heavy atom. The van der Waals surface area contributed by atoms with Crippen LogP contribution in [0.4, 0.5) is 15.8 Å². The fourth-order valence-electron chi connectivity index (χ4n) is 2.41. The van der Waals surface area contributed by atoms with Crippen molar-refractivity contribution in [1.29, 1.82) is 0 Å². The Morgan fingerprint density at radius 1 is 1.08 bits per heavy atom. The zero-order valence-corrected chi connectivity index (χ0v) is 15.4. The number of anilines is 2. The second-order valence-electron chi connectivity index (χ2n) is 5.85. The molecule has 2 N–H and O–H groups in total. The first-order valence-electron chi connectivity index (χ1n) is 8.21. The lowest BCUT2D eigenvalue weighted by molar-refractivity contribution is -0.117. The first-order valence-corrected chi connectivity index (χ1v) is 8.59. The monoisotopic (exact) mass is 377 g/mol. The van der Waals surface area contributed by atoms with Crippen molar-refractivity contribution in [1.82, 2.24) is 4.90 Å². The smallest absolute Gasteiger partial charge is 0.238 e. The Morgan fingerprint density at radius 3 is 2.23 bits per heavy atom. The lowest BCUT2D eigenvalue weighted by Crippen LogP contribution is -2.32. The molecule has 0 aliphatic heterocycles. The second kappa shape index (κ2) is 9.31. The predicted octanol–water partition coefficient (Wildman–Crippen LogP) is 3.90. The highest BCUT2D eigenvalue weighted by molar-refractivity contribution is 6.31. The molecule has 2 amide bonds. The molecule has 2 rings (SSSR count). The number of hydrogen-bond donors (Lipinski definition) is 2. The van der Waals surface area contributed by atoms with Crippen LogP contribution in [0.1, 0.15) is 19.4 Å². The molecule has 2 aromatic carbocycles. The summed E-state index contributed by atoms with van der Waals surface area (Å²) >= 11 is 6.05. The summed E-state index contributed by atoms with van der Waals surface area (Å²) in [4.78, 5) is 25.2. The first kappa shape index (κ1) is 19.9. The summed E-state index contributed by atoms with van der Waals surface area (Å²) in [6.07, 6.45) is 0.